The molecule has 0 saturated carbocycles. The van der Waals surface area contributed by atoms with Crippen molar-refractivity contribution in [2.45, 2.75) is 18.4 Å². The van der Waals surface area contributed by atoms with E-state index in [-0.39, 0.29) is 0 Å². The second-order valence-corrected chi connectivity index (χ2v) is 5.40. The van der Waals surface area contributed by atoms with Gasteiger partial charge in [-0.1, -0.05) is 59.6 Å². The normalized spacial score (nSPS) is 21.9. The molecule has 1 N–H and O–H groups in total. The van der Waals surface area contributed by atoms with Crippen molar-refractivity contribution in [3.63, 3.8) is 0 Å². The summed E-state index contributed by atoms with van der Waals surface area (Å²) in [6, 6.07) is 13.3. The monoisotopic (exact) mass is 278 g/mol. The van der Waals surface area contributed by atoms with Crippen LogP contribution in [-0.4, -0.2) is 5.11 Å². The van der Waals surface area contributed by atoms with Gasteiger partial charge >= 0.3 is 0 Å². The SMILES string of the molecule is OC1(c2cccc(Cl)c2Cl)CCc2ccccc21. The maximum absolute atomic E-state index is 11.0. The van der Waals surface area contributed by atoms with E-state index in [0.717, 1.165) is 12.0 Å². The van der Waals surface area contributed by atoms with Crippen molar-refractivity contribution >= 4 is 23.2 Å². The average Bonchev–Trinajstić information content (AvgIpc) is 2.72. The molecule has 1 aliphatic rings. The van der Waals surface area contributed by atoms with Crippen molar-refractivity contribution in [1.82, 2.24) is 0 Å². The molecule has 2 aromatic carbocycles. The molecule has 0 saturated heterocycles. The van der Waals surface area contributed by atoms with Crippen molar-refractivity contribution in [3.8, 4) is 0 Å². The Balaban J connectivity index is 2.21. The lowest BCUT2D eigenvalue weighted by atomic mass is 9.88. The van der Waals surface area contributed by atoms with Gasteiger partial charge in [0.05, 0.1) is 10.0 Å². The first-order valence-corrected chi connectivity index (χ1v) is 6.64. The van der Waals surface area contributed by atoms with E-state index in [2.05, 4.69) is 0 Å². The second-order valence-electron chi connectivity index (χ2n) is 4.62. The van der Waals surface area contributed by atoms with Crippen LogP contribution in [0.5, 0.6) is 0 Å². The molecule has 18 heavy (non-hydrogen) atoms. The molecule has 0 bridgehead atoms. The highest BCUT2D eigenvalue weighted by atomic mass is 35.5. The summed E-state index contributed by atoms with van der Waals surface area (Å²) in [6.07, 6.45) is 1.50. The molecule has 1 atom stereocenters. The molecule has 0 amide bonds. The quantitative estimate of drug-likeness (QED) is 0.830. The number of rotatable bonds is 1. The standard InChI is InChI=1S/C15H12Cl2O/c16-13-7-3-6-12(14(13)17)15(18)9-8-10-4-1-2-5-11(10)15/h1-7,18H,8-9H2. The van der Waals surface area contributed by atoms with E-state index in [1.807, 2.05) is 36.4 Å². The molecule has 3 heteroatoms. The van der Waals surface area contributed by atoms with Crippen LogP contribution in [0.25, 0.3) is 0 Å². The van der Waals surface area contributed by atoms with E-state index >= 15 is 0 Å². The van der Waals surface area contributed by atoms with Crippen molar-refractivity contribution in [3.05, 3.63) is 69.2 Å². The van der Waals surface area contributed by atoms with Crippen LogP contribution in [0, 0.1) is 0 Å². The van der Waals surface area contributed by atoms with E-state index in [0.29, 0.717) is 22.0 Å². The predicted molar refractivity (Wildman–Crippen MR) is 74.2 cm³/mol. The van der Waals surface area contributed by atoms with E-state index in [4.69, 9.17) is 23.2 Å². The lowest BCUT2D eigenvalue weighted by molar-refractivity contribution is 0.0830. The van der Waals surface area contributed by atoms with Crippen molar-refractivity contribution in [1.29, 1.82) is 0 Å². The average molecular weight is 279 g/mol. The molecule has 0 spiro atoms. The van der Waals surface area contributed by atoms with Crippen molar-refractivity contribution < 1.29 is 5.11 Å². The summed E-state index contributed by atoms with van der Waals surface area (Å²) < 4.78 is 0. The Morgan fingerprint density at radius 2 is 1.67 bits per heavy atom. The summed E-state index contributed by atoms with van der Waals surface area (Å²) in [5, 5.41) is 11.9. The van der Waals surface area contributed by atoms with Crippen LogP contribution in [0.4, 0.5) is 0 Å². The maximum atomic E-state index is 11.0. The highest BCUT2D eigenvalue weighted by molar-refractivity contribution is 6.42. The lowest BCUT2D eigenvalue weighted by Gasteiger charge is -2.26. The van der Waals surface area contributed by atoms with E-state index in [1.54, 1.807) is 6.07 Å². The fourth-order valence-electron chi connectivity index (χ4n) is 2.69. The number of hydrogen-bond donors (Lipinski definition) is 1. The Kier molecular flexibility index (Phi) is 2.86. The van der Waals surface area contributed by atoms with Crippen LogP contribution in [0.2, 0.25) is 10.0 Å². The van der Waals surface area contributed by atoms with Gasteiger partial charge in [0.1, 0.15) is 5.60 Å². The number of fused-ring (bicyclic) bond motifs is 1. The zero-order chi connectivity index (χ0) is 12.8. The highest BCUT2D eigenvalue weighted by Crippen LogP contribution is 2.45. The van der Waals surface area contributed by atoms with Crippen LogP contribution in [0.15, 0.2) is 42.5 Å². The smallest absolute Gasteiger partial charge is 0.117 e. The Bertz CT molecular complexity index is 609. The summed E-state index contributed by atoms with van der Waals surface area (Å²) in [5.41, 5.74) is 1.80. The van der Waals surface area contributed by atoms with Gasteiger partial charge in [-0.3, -0.25) is 0 Å². The first-order valence-electron chi connectivity index (χ1n) is 5.88. The van der Waals surface area contributed by atoms with Gasteiger partial charge in [-0.05, 0) is 30.0 Å². The minimum absolute atomic E-state index is 0.443. The van der Waals surface area contributed by atoms with Gasteiger partial charge < -0.3 is 5.11 Å². The van der Waals surface area contributed by atoms with Gasteiger partial charge in [0, 0.05) is 5.56 Å². The lowest BCUT2D eigenvalue weighted by Crippen LogP contribution is -2.24. The highest BCUT2D eigenvalue weighted by Gasteiger charge is 2.39. The third-order valence-electron chi connectivity index (χ3n) is 3.62. The first kappa shape index (κ1) is 12.0. The minimum Gasteiger partial charge on any atom is -0.380 e. The topological polar surface area (TPSA) is 20.2 Å². The fourth-order valence-corrected chi connectivity index (χ4v) is 3.15. The molecule has 92 valence electrons. The van der Waals surface area contributed by atoms with Crippen molar-refractivity contribution in [2.24, 2.45) is 0 Å². The molecule has 0 heterocycles. The molecule has 0 aromatic heterocycles. The van der Waals surface area contributed by atoms with Crippen LogP contribution < -0.4 is 0 Å². The third kappa shape index (κ3) is 1.66. The molecule has 0 aliphatic heterocycles. The van der Waals surface area contributed by atoms with Gasteiger partial charge in [-0.25, -0.2) is 0 Å². The molecule has 1 aliphatic carbocycles. The van der Waals surface area contributed by atoms with Crippen LogP contribution in [0.3, 0.4) is 0 Å². The fraction of sp³-hybridized carbons (Fsp3) is 0.200. The summed E-state index contributed by atoms with van der Waals surface area (Å²) in [6.45, 7) is 0. The molecule has 1 unspecified atom stereocenters. The molecule has 3 rings (SSSR count). The molecule has 2 aromatic rings. The summed E-state index contributed by atoms with van der Waals surface area (Å²) in [5.74, 6) is 0. The van der Waals surface area contributed by atoms with E-state index in [1.165, 1.54) is 5.56 Å². The zero-order valence-corrected chi connectivity index (χ0v) is 11.2. The van der Waals surface area contributed by atoms with Crippen molar-refractivity contribution in [2.75, 3.05) is 0 Å². The molecule has 1 nitrogen and oxygen atoms in total. The van der Waals surface area contributed by atoms with Gasteiger partial charge in [0.2, 0.25) is 0 Å². The minimum atomic E-state index is -1.02. The Morgan fingerprint density at radius 1 is 0.944 bits per heavy atom. The number of aryl methyl sites for hydroxylation is 1. The Morgan fingerprint density at radius 3 is 2.50 bits per heavy atom. The predicted octanol–water partition coefficient (Wildman–Crippen LogP) is 4.18. The van der Waals surface area contributed by atoms with E-state index < -0.39 is 5.60 Å². The maximum Gasteiger partial charge on any atom is 0.117 e. The van der Waals surface area contributed by atoms with Crippen LogP contribution in [0.1, 0.15) is 23.1 Å². The van der Waals surface area contributed by atoms with Gasteiger partial charge in [0.25, 0.3) is 0 Å². The van der Waals surface area contributed by atoms with Gasteiger partial charge in [0.15, 0.2) is 0 Å². The van der Waals surface area contributed by atoms with E-state index in [9.17, 15) is 5.11 Å². The number of aliphatic hydroxyl groups is 1. The summed E-state index contributed by atoms with van der Waals surface area (Å²) >= 11 is 12.3. The molecular weight excluding hydrogens is 267 g/mol. The summed E-state index contributed by atoms with van der Waals surface area (Å²) in [4.78, 5) is 0. The molecule has 0 fully saturated rings. The zero-order valence-electron chi connectivity index (χ0n) is 9.66. The Hall–Kier alpha value is -1.02. The first-order chi connectivity index (χ1) is 8.63. The summed E-state index contributed by atoms with van der Waals surface area (Å²) in [7, 11) is 0. The Labute approximate surface area is 116 Å². The number of halogens is 2. The van der Waals surface area contributed by atoms with Gasteiger partial charge in [-0.2, -0.15) is 0 Å². The van der Waals surface area contributed by atoms with Crippen LogP contribution >= 0.6 is 23.2 Å². The third-order valence-corrected chi connectivity index (χ3v) is 4.44. The molecular formula is C15H12Cl2O. The largest absolute Gasteiger partial charge is 0.380 e. The number of benzene rings is 2. The molecule has 0 radical (unpaired) electrons. The second kappa shape index (κ2) is 4.27. The number of hydrogen-bond acceptors (Lipinski definition) is 1. The van der Waals surface area contributed by atoms with Gasteiger partial charge in [-0.15, -0.1) is 0 Å². The van der Waals surface area contributed by atoms with Crippen LogP contribution in [-0.2, 0) is 12.0 Å².